The van der Waals surface area contributed by atoms with Crippen LogP contribution in [0.3, 0.4) is 0 Å². The molecule has 1 fully saturated rings. The van der Waals surface area contributed by atoms with Gasteiger partial charge in [0.15, 0.2) is 0 Å². The van der Waals surface area contributed by atoms with Crippen molar-refractivity contribution < 1.29 is 4.74 Å². The molecule has 16 heavy (non-hydrogen) atoms. The van der Waals surface area contributed by atoms with Gasteiger partial charge in [0.05, 0.1) is 12.1 Å². The molecule has 1 N–H and O–H groups in total. The highest BCUT2D eigenvalue weighted by molar-refractivity contribution is 6.32. The van der Waals surface area contributed by atoms with Crippen molar-refractivity contribution >= 4 is 11.6 Å². The van der Waals surface area contributed by atoms with Crippen LogP contribution in [0.1, 0.15) is 30.5 Å². The van der Waals surface area contributed by atoms with Gasteiger partial charge in [0.1, 0.15) is 5.75 Å². The third-order valence-electron chi connectivity index (χ3n) is 3.15. The van der Waals surface area contributed by atoms with Crippen LogP contribution in [0.4, 0.5) is 0 Å². The summed E-state index contributed by atoms with van der Waals surface area (Å²) in [5.74, 6) is 1.54. The van der Waals surface area contributed by atoms with E-state index in [-0.39, 0.29) is 0 Å². The lowest BCUT2D eigenvalue weighted by molar-refractivity contribution is 0.403. The summed E-state index contributed by atoms with van der Waals surface area (Å²) in [7, 11) is 1.68. The van der Waals surface area contributed by atoms with Crippen molar-refractivity contribution in [3.8, 4) is 5.75 Å². The van der Waals surface area contributed by atoms with E-state index in [1.54, 1.807) is 7.11 Å². The predicted molar refractivity (Wildman–Crippen MR) is 67.3 cm³/mol. The Balaban J connectivity index is 2.38. The molecule has 1 aromatic rings. The van der Waals surface area contributed by atoms with E-state index in [0.29, 0.717) is 17.0 Å². The van der Waals surface area contributed by atoms with Crippen molar-refractivity contribution in [3.05, 3.63) is 28.3 Å². The van der Waals surface area contributed by atoms with Gasteiger partial charge in [-0.2, -0.15) is 0 Å². The van der Waals surface area contributed by atoms with Crippen molar-refractivity contribution in [2.24, 2.45) is 5.92 Å². The number of methoxy groups -OCH3 is 1. The molecule has 0 amide bonds. The third kappa shape index (κ3) is 2.18. The number of hydrogen-bond acceptors (Lipinski definition) is 2. The minimum atomic E-state index is 0.377. The van der Waals surface area contributed by atoms with Gasteiger partial charge in [0.25, 0.3) is 0 Å². The molecule has 2 rings (SSSR count). The number of halogens is 1. The predicted octanol–water partition coefficient (Wildman–Crippen LogP) is 3.33. The molecule has 2 atom stereocenters. The highest BCUT2D eigenvalue weighted by atomic mass is 35.5. The quantitative estimate of drug-likeness (QED) is 0.855. The summed E-state index contributed by atoms with van der Waals surface area (Å²) in [4.78, 5) is 0. The fraction of sp³-hybridized carbons (Fsp3) is 0.538. The second-order valence-electron chi connectivity index (χ2n) is 4.67. The normalized spacial score (nSPS) is 24.8. The minimum Gasteiger partial charge on any atom is -0.495 e. The second kappa shape index (κ2) is 4.64. The Morgan fingerprint density at radius 3 is 2.75 bits per heavy atom. The van der Waals surface area contributed by atoms with Gasteiger partial charge in [-0.05, 0) is 37.4 Å². The zero-order chi connectivity index (χ0) is 11.7. The summed E-state index contributed by atoms with van der Waals surface area (Å²) < 4.78 is 5.41. The van der Waals surface area contributed by atoms with E-state index in [9.17, 15) is 0 Å². The van der Waals surface area contributed by atoms with Gasteiger partial charge in [-0.15, -0.1) is 0 Å². The van der Waals surface area contributed by atoms with Crippen LogP contribution in [-0.4, -0.2) is 13.7 Å². The van der Waals surface area contributed by atoms with Crippen LogP contribution in [0.5, 0.6) is 5.75 Å². The molecule has 88 valence electrons. The zero-order valence-electron chi connectivity index (χ0n) is 10.0. The standard InChI is InChI=1S/C13H18ClNO/c1-8-4-10(12-6-9(2)7-15-12)13(16-3)11(14)5-8/h4-5,9,12,15H,6-7H2,1-3H3. The van der Waals surface area contributed by atoms with Gasteiger partial charge in [-0.3, -0.25) is 0 Å². The Labute approximate surface area is 102 Å². The number of rotatable bonds is 2. The van der Waals surface area contributed by atoms with E-state index in [2.05, 4.69) is 25.2 Å². The van der Waals surface area contributed by atoms with E-state index < -0.39 is 0 Å². The Hall–Kier alpha value is -0.730. The van der Waals surface area contributed by atoms with Crippen LogP contribution in [0.25, 0.3) is 0 Å². The first kappa shape index (κ1) is 11.7. The topological polar surface area (TPSA) is 21.3 Å². The number of benzene rings is 1. The largest absolute Gasteiger partial charge is 0.495 e. The van der Waals surface area contributed by atoms with Crippen molar-refractivity contribution in [1.82, 2.24) is 5.32 Å². The van der Waals surface area contributed by atoms with Crippen LogP contribution in [-0.2, 0) is 0 Å². The molecule has 0 spiro atoms. The van der Waals surface area contributed by atoms with Crippen LogP contribution in [0, 0.1) is 12.8 Å². The molecule has 0 aromatic heterocycles. The van der Waals surface area contributed by atoms with Crippen molar-refractivity contribution in [1.29, 1.82) is 0 Å². The lowest BCUT2D eigenvalue weighted by Crippen LogP contribution is -2.14. The van der Waals surface area contributed by atoms with Gasteiger partial charge >= 0.3 is 0 Å². The lowest BCUT2D eigenvalue weighted by Gasteiger charge is -2.17. The van der Waals surface area contributed by atoms with Crippen LogP contribution in [0.2, 0.25) is 5.02 Å². The summed E-state index contributed by atoms with van der Waals surface area (Å²) in [6.07, 6.45) is 1.15. The van der Waals surface area contributed by atoms with E-state index in [4.69, 9.17) is 16.3 Å². The fourth-order valence-electron chi connectivity index (χ4n) is 2.38. The number of ether oxygens (including phenoxy) is 1. The molecule has 1 aliphatic rings. The van der Waals surface area contributed by atoms with E-state index in [1.165, 1.54) is 11.1 Å². The first-order valence-corrected chi connectivity index (χ1v) is 6.07. The summed E-state index contributed by atoms with van der Waals surface area (Å²) in [6.45, 7) is 5.39. The molecule has 1 saturated heterocycles. The number of nitrogens with one attached hydrogen (secondary N) is 1. The summed E-state index contributed by atoms with van der Waals surface area (Å²) in [6, 6.07) is 4.49. The van der Waals surface area contributed by atoms with E-state index in [0.717, 1.165) is 18.7 Å². The van der Waals surface area contributed by atoms with Gasteiger partial charge in [-0.1, -0.05) is 24.6 Å². The molecule has 0 aliphatic carbocycles. The first-order chi connectivity index (χ1) is 7.61. The monoisotopic (exact) mass is 239 g/mol. The maximum absolute atomic E-state index is 6.20. The molecule has 1 heterocycles. The van der Waals surface area contributed by atoms with Crippen molar-refractivity contribution in [2.75, 3.05) is 13.7 Å². The zero-order valence-corrected chi connectivity index (χ0v) is 10.8. The van der Waals surface area contributed by atoms with Crippen molar-refractivity contribution in [3.63, 3.8) is 0 Å². The van der Waals surface area contributed by atoms with E-state index >= 15 is 0 Å². The Kier molecular flexibility index (Phi) is 3.41. The van der Waals surface area contributed by atoms with Gasteiger partial charge < -0.3 is 10.1 Å². The average molecular weight is 240 g/mol. The molecule has 1 aliphatic heterocycles. The SMILES string of the molecule is COc1c(Cl)cc(C)cc1C1CC(C)CN1. The Morgan fingerprint density at radius 2 is 2.19 bits per heavy atom. The number of hydrogen-bond donors (Lipinski definition) is 1. The molecule has 1 aromatic carbocycles. The van der Waals surface area contributed by atoms with Crippen molar-refractivity contribution in [2.45, 2.75) is 26.3 Å². The average Bonchev–Trinajstić information content (AvgIpc) is 2.63. The molecule has 2 unspecified atom stereocenters. The van der Waals surface area contributed by atoms with Gasteiger partial charge in [0.2, 0.25) is 0 Å². The highest BCUT2D eigenvalue weighted by Gasteiger charge is 2.25. The molecular weight excluding hydrogens is 222 g/mol. The fourth-order valence-corrected chi connectivity index (χ4v) is 2.74. The van der Waals surface area contributed by atoms with Gasteiger partial charge in [0, 0.05) is 11.6 Å². The smallest absolute Gasteiger partial charge is 0.142 e. The molecule has 0 radical (unpaired) electrons. The number of aryl methyl sites for hydroxylation is 1. The lowest BCUT2D eigenvalue weighted by atomic mass is 9.99. The molecule has 3 heteroatoms. The molecular formula is C13H18ClNO. The van der Waals surface area contributed by atoms with Crippen LogP contribution >= 0.6 is 11.6 Å². The molecule has 2 nitrogen and oxygen atoms in total. The van der Waals surface area contributed by atoms with Crippen LogP contribution < -0.4 is 10.1 Å². The second-order valence-corrected chi connectivity index (χ2v) is 5.08. The Bertz CT molecular complexity index is 392. The summed E-state index contributed by atoms with van der Waals surface area (Å²) in [5, 5.41) is 4.22. The maximum Gasteiger partial charge on any atom is 0.142 e. The minimum absolute atomic E-state index is 0.377. The highest BCUT2D eigenvalue weighted by Crippen LogP contribution is 2.38. The van der Waals surface area contributed by atoms with E-state index in [1.807, 2.05) is 6.07 Å². The molecule has 0 bridgehead atoms. The van der Waals surface area contributed by atoms with Crippen LogP contribution in [0.15, 0.2) is 12.1 Å². The first-order valence-electron chi connectivity index (χ1n) is 5.69. The Morgan fingerprint density at radius 1 is 1.44 bits per heavy atom. The maximum atomic E-state index is 6.20. The third-order valence-corrected chi connectivity index (χ3v) is 3.43. The summed E-state index contributed by atoms with van der Waals surface area (Å²) in [5.41, 5.74) is 2.37. The van der Waals surface area contributed by atoms with Gasteiger partial charge in [-0.25, -0.2) is 0 Å². The summed E-state index contributed by atoms with van der Waals surface area (Å²) >= 11 is 6.20. The molecule has 0 saturated carbocycles.